The zero-order valence-electron chi connectivity index (χ0n) is 14.9. The summed E-state index contributed by atoms with van der Waals surface area (Å²) < 4.78 is 0. The molecule has 1 aromatic carbocycles. The molecule has 1 aliphatic heterocycles. The van der Waals surface area contributed by atoms with Crippen LogP contribution in [0.2, 0.25) is 5.02 Å². The first-order valence-electron chi connectivity index (χ1n) is 8.45. The second-order valence-corrected chi connectivity index (χ2v) is 6.99. The van der Waals surface area contributed by atoms with Gasteiger partial charge in [-0.3, -0.25) is 9.59 Å². The molecule has 0 aromatic heterocycles. The molecule has 1 fully saturated rings. The number of carbonyl (C=O) groups excluding carboxylic acids is 2. The maximum Gasteiger partial charge on any atom is 0.253 e. The highest BCUT2D eigenvalue weighted by atomic mass is 35.5. The van der Waals surface area contributed by atoms with Crippen LogP contribution in [0.25, 0.3) is 0 Å². The molecular weight excluding hydrogens is 361 g/mol. The molecule has 2 unspecified atom stereocenters. The van der Waals surface area contributed by atoms with E-state index in [2.05, 4.69) is 10.6 Å². The van der Waals surface area contributed by atoms with E-state index in [-0.39, 0.29) is 30.1 Å². The van der Waals surface area contributed by atoms with Gasteiger partial charge in [0.15, 0.2) is 0 Å². The Balaban J connectivity index is 0.00000312. The van der Waals surface area contributed by atoms with Crippen molar-refractivity contribution in [2.75, 3.05) is 20.1 Å². The molecule has 0 spiro atoms. The first-order chi connectivity index (χ1) is 11.4. The van der Waals surface area contributed by atoms with Gasteiger partial charge in [-0.25, -0.2) is 0 Å². The Morgan fingerprint density at radius 1 is 1.28 bits per heavy atom. The van der Waals surface area contributed by atoms with Crippen LogP contribution in [0.1, 0.15) is 37.0 Å². The fourth-order valence-corrected chi connectivity index (χ4v) is 3.21. The Hall–Kier alpha value is -1.30. The molecule has 2 atom stereocenters. The number of nitrogens with one attached hydrogen (secondary N) is 2. The fourth-order valence-electron chi connectivity index (χ4n) is 2.99. The maximum absolute atomic E-state index is 12.9. The van der Waals surface area contributed by atoms with Crippen molar-refractivity contribution in [1.82, 2.24) is 15.5 Å². The molecule has 140 valence electrons. The lowest BCUT2D eigenvalue weighted by Gasteiger charge is -2.36. The van der Waals surface area contributed by atoms with Crippen molar-refractivity contribution < 1.29 is 9.59 Å². The van der Waals surface area contributed by atoms with E-state index in [1.165, 1.54) is 0 Å². The largest absolute Gasteiger partial charge is 0.340 e. The van der Waals surface area contributed by atoms with Crippen LogP contribution in [0, 0.1) is 5.92 Å². The third-order valence-corrected chi connectivity index (χ3v) is 4.81. The molecule has 0 bridgehead atoms. The Morgan fingerprint density at radius 3 is 2.56 bits per heavy atom. The number of amides is 2. The van der Waals surface area contributed by atoms with Gasteiger partial charge in [0.1, 0.15) is 6.04 Å². The van der Waals surface area contributed by atoms with Crippen molar-refractivity contribution >= 4 is 35.8 Å². The van der Waals surface area contributed by atoms with Crippen LogP contribution in [0.4, 0.5) is 0 Å². The predicted molar refractivity (Wildman–Crippen MR) is 103 cm³/mol. The number of rotatable bonds is 5. The molecule has 0 aliphatic carbocycles. The zero-order valence-corrected chi connectivity index (χ0v) is 16.5. The normalized spacial score (nSPS) is 18.4. The molecule has 1 aliphatic rings. The number of halogens is 2. The third kappa shape index (κ3) is 5.59. The van der Waals surface area contributed by atoms with E-state index in [1.807, 2.05) is 25.8 Å². The van der Waals surface area contributed by atoms with E-state index >= 15 is 0 Å². The highest BCUT2D eigenvalue weighted by Crippen LogP contribution is 2.17. The summed E-state index contributed by atoms with van der Waals surface area (Å²) in [6, 6.07) is 6.63. The van der Waals surface area contributed by atoms with Gasteiger partial charge < -0.3 is 15.5 Å². The van der Waals surface area contributed by atoms with Crippen molar-refractivity contribution in [3.63, 3.8) is 0 Å². The highest BCUT2D eigenvalue weighted by Gasteiger charge is 2.31. The van der Waals surface area contributed by atoms with Crippen molar-refractivity contribution in [3.05, 3.63) is 34.9 Å². The number of benzene rings is 1. The van der Waals surface area contributed by atoms with Gasteiger partial charge in [0.25, 0.3) is 5.91 Å². The Kier molecular flexibility index (Phi) is 8.69. The summed E-state index contributed by atoms with van der Waals surface area (Å²) >= 11 is 6.08. The molecular formula is C18H27Cl2N3O2. The SMILES string of the molecule is CNC1CCCN(C(=O)C(NC(=O)c2ccccc2Cl)C(C)C)C1.Cl. The molecule has 1 heterocycles. The summed E-state index contributed by atoms with van der Waals surface area (Å²) in [5.41, 5.74) is 0.393. The molecule has 1 aromatic rings. The number of hydrogen-bond acceptors (Lipinski definition) is 3. The molecule has 2 N–H and O–H groups in total. The number of piperidine rings is 1. The first-order valence-corrected chi connectivity index (χ1v) is 8.83. The van der Waals surface area contributed by atoms with Gasteiger partial charge >= 0.3 is 0 Å². The van der Waals surface area contributed by atoms with Crippen LogP contribution in [0.15, 0.2) is 24.3 Å². The van der Waals surface area contributed by atoms with Crippen LogP contribution in [-0.4, -0.2) is 48.9 Å². The zero-order chi connectivity index (χ0) is 17.7. The van der Waals surface area contributed by atoms with Crippen molar-refractivity contribution in [1.29, 1.82) is 0 Å². The average Bonchev–Trinajstić information content (AvgIpc) is 2.59. The monoisotopic (exact) mass is 387 g/mol. The number of likely N-dealkylation sites (tertiary alicyclic amines) is 1. The number of likely N-dealkylation sites (N-methyl/N-ethyl adjacent to an activating group) is 1. The predicted octanol–water partition coefficient (Wildman–Crippen LogP) is 2.73. The van der Waals surface area contributed by atoms with Crippen LogP contribution in [-0.2, 0) is 4.79 Å². The van der Waals surface area contributed by atoms with Crippen LogP contribution in [0.5, 0.6) is 0 Å². The van der Waals surface area contributed by atoms with Gasteiger partial charge in [-0.1, -0.05) is 37.6 Å². The topological polar surface area (TPSA) is 61.4 Å². The van der Waals surface area contributed by atoms with Gasteiger partial charge in [-0.2, -0.15) is 0 Å². The van der Waals surface area contributed by atoms with E-state index in [9.17, 15) is 9.59 Å². The average molecular weight is 388 g/mol. The Bertz CT molecular complexity index is 595. The second-order valence-electron chi connectivity index (χ2n) is 6.59. The lowest BCUT2D eigenvalue weighted by Crippen LogP contribution is -2.55. The highest BCUT2D eigenvalue weighted by molar-refractivity contribution is 6.33. The van der Waals surface area contributed by atoms with E-state index in [0.717, 1.165) is 19.4 Å². The van der Waals surface area contributed by atoms with Crippen molar-refractivity contribution in [2.24, 2.45) is 5.92 Å². The quantitative estimate of drug-likeness (QED) is 0.816. The molecule has 5 nitrogen and oxygen atoms in total. The van der Waals surface area contributed by atoms with Gasteiger partial charge in [-0.15, -0.1) is 12.4 Å². The van der Waals surface area contributed by atoms with E-state index < -0.39 is 6.04 Å². The van der Waals surface area contributed by atoms with Crippen LogP contribution >= 0.6 is 24.0 Å². The van der Waals surface area contributed by atoms with Crippen molar-refractivity contribution in [2.45, 2.75) is 38.8 Å². The lowest BCUT2D eigenvalue weighted by atomic mass is 9.99. The van der Waals surface area contributed by atoms with Gasteiger partial charge in [0.2, 0.25) is 5.91 Å². The number of hydrogen-bond donors (Lipinski definition) is 2. The molecule has 7 heteroatoms. The molecule has 0 radical (unpaired) electrons. The summed E-state index contributed by atoms with van der Waals surface area (Å²) in [5, 5.41) is 6.49. The number of carbonyl (C=O) groups is 2. The lowest BCUT2D eigenvalue weighted by molar-refractivity contribution is -0.135. The molecule has 0 saturated carbocycles. The second kappa shape index (κ2) is 10.00. The summed E-state index contributed by atoms with van der Waals surface area (Å²) in [7, 11) is 1.91. The Morgan fingerprint density at radius 2 is 1.96 bits per heavy atom. The third-order valence-electron chi connectivity index (χ3n) is 4.48. The smallest absolute Gasteiger partial charge is 0.253 e. The first kappa shape index (κ1) is 21.7. The van der Waals surface area contributed by atoms with Gasteiger partial charge in [-0.05, 0) is 37.9 Å². The van der Waals surface area contributed by atoms with E-state index in [1.54, 1.807) is 24.3 Å². The van der Waals surface area contributed by atoms with Crippen LogP contribution < -0.4 is 10.6 Å². The van der Waals surface area contributed by atoms with E-state index in [4.69, 9.17) is 11.6 Å². The minimum absolute atomic E-state index is 0. The van der Waals surface area contributed by atoms with Crippen LogP contribution in [0.3, 0.4) is 0 Å². The van der Waals surface area contributed by atoms with E-state index in [0.29, 0.717) is 23.2 Å². The minimum Gasteiger partial charge on any atom is -0.340 e. The van der Waals surface area contributed by atoms with Crippen molar-refractivity contribution in [3.8, 4) is 0 Å². The summed E-state index contributed by atoms with van der Waals surface area (Å²) in [6.45, 7) is 5.30. The summed E-state index contributed by atoms with van der Waals surface area (Å²) in [6.07, 6.45) is 2.04. The molecule has 2 rings (SSSR count). The van der Waals surface area contributed by atoms with Gasteiger partial charge in [0.05, 0.1) is 10.6 Å². The fraction of sp³-hybridized carbons (Fsp3) is 0.556. The molecule has 1 saturated heterocycles. The molecule has 2 amide bonds. The minimum atomic E-state index is -0.552. The molecule has 25 heavy (non-hydrogen) atoms. The summed E-state index contributed by atoms with van der Waals surface area (Å²) in [4.78, 5) is 27.3. The summed E-state index contributed by atoms with van der Waals surface area (Å²) in [5.74, 6) is -0.334. The standard InChI is InChI=1S/C18H26ClN3O2.ClH/c1-12(2)16(18(24)22-10-6-7-13(11-22)20-3)21-17(23)14-8-4-5-9-15(14)19;/h4-5,8-9,12-13,16,20H,6-7,10-11H2,1-3H3,(H,21,23);1H. The Labute approximate surface area is 160 Å². The van der Waals surface area contributed by atoms with Gasteiger partial charge in [0, 0.05) is 19.1 Å². The number of nitrogens with zero attached hydrogens (tertiary/aromatic N) is 1. The maximum atomic E-state index is 12.9.